The Morgan fingerprint density at radius 3 is 2.27 bits per heavy atom. The standard InChI is InChI=1S/C13H19ClN2O4S2/c1-21(17,18)15-6-7-22(19,20)16-13-8-11(9-13)10-2-4-12(14)5-3-10/h2-5,11,13,15-16H,6-9H2,1H3. The van der Waals surface area contributed by atoms with E-state index in [0.29, 0.717) is 10.9 Å². The minimum absolute atomic E-state index is 0.0936. The summed E-state index contributed by atoms with van der Waals surface area (Å²) in [4.78, 5) is 0. The molecule has 1 aliphatic rings. The van der Waals surface area contributed by atoms with Crippen LogP contribution in [0.5, 0.6) is 0 Å². The fraction of sp³-hybridized carbons (Fsp3) is 0.538. The van der Waals surface area contributed by atoms with Gasteiger partial charge in [-0.2, -0.15) is 0 Å². The smallest absolute Gasteiger partial charge is 0.213 e. The van der Waals surface area contributed by atoms with E-state index in [0.717, 1.165) is 24.7 Å². The van der Waals surface area contributed by atoms with Crippen LogP contribution in [0, 0.1) is 0 Å². The van der Waals surface area contributed by atoms with Gasteiger partial charge in [-0.1, -0.05) is 23.7 Å². The number of halogens is 1. The van der Waals surface area contributed by atoms with Crippen molar-refractivity contribution in [1.82, 2.24) is 9.44 Å². The van der Waals surface area contributed by atoms with Gasteiger partial charge in [0.1, 0.15) is 0 Å². The molecular weight excluding hydrogens is 348 g/mol. The summed E-state index contributed by atoms with van der Waals surface area (Å²) in [5.74, 6) is 0.0708. The van der Waals surface area contributed by atoms with Gasteiger partial charge in [-0.05, 0) is 36.5 Å². The summed E-state index contributed by atoms with van der Waals surface area (Å²) < 4.78 is 50.2. The maximum absolute atomic E-state index is 11.8. The van der Waals surface area contributed by atoms with Gasteiger partial charge in [-0.15, -0.1) is 0 Å². The number of sulfonamides is 2. The van der Waals surface area contributed by atoms with Gasteiger partial charge >= 0.3 is 0 Å². The first kappa shape index (κ1) is 17.7. The van der Waals surface area contributed by atoms with Gasteiger partial charge in [0.2, 0.25) is 20.0 Å². The van der Waals surface area contributed by atoms with E-state index in [1.165, 1.54) is 0 Å². The van der Waals surface area contributed by atoms with Crippen molar-refractivity contribution in [2.45, 2.75) is 24.8 Å². The average molecular weight is 367 g/mol. The number of benzene rings is 1. The third-order valence-corrected chi connectivity index (χ3v) is 5.98. The van der Waals surface area contributed by atoms with Crippen molar-refractivity contribution in [3.8, 4) is 0 Å². The van der Waals surface area contributed by atoms with Crippen molar-refractivity contribution in [1.29, 1.82) is 0 Å². The Kier molecular flexibility index (Phi) is 5.50. The second-order valence-corrected chi connectivity index (χ2v) is 9.66. The summed E-state index contributed by atoms with van der Waals surface area (Å²) in [5, 5.41) is 0.679. The summed E-state index contributed by atoms with van der Waals surface area (Å²) >= 11 is 5.83. The monoisotopic (exact) mass is 366 g/mol. The quantitative estimate of drug-likeness (QED) is 0.754. The van der Waals surface area contributed by atoms with Crippen LogP contribution in [0.1, 0.15) is 24.3 Å². The van der Waals surface area contributed by atoms with Crippen molar-refractivity contribution in [3.63, 3.8) is 0 Å². The van der Waals surface area contributed by atoms with E-state index in [4.69, 9.17) is 11.6 Å². The van der Waals surface area contributed by atoms with E-state index in [9.17, 15) is 16.8 Å². The molecule has 0 spiro atoms. The lowest BCUT2D eigenvalue weighted by Gasteiger charge is -2.36. The van der Waals surface area contributed by atoms with E-state index in [1.54, 1.807) is 0 Å². The molecule has 1 aromatic rings. The van der Waals surface area contributed by atoms with Gasteiger partial charge in [0, 0.05) is 17.6 Å². The highest BCUT2D eigenvalue weighted by Crippen LogP contribution is 2.37. The Hall–Kier alpha value is -0.670. The second-order valence-electron chi connectivity index (χ2n) is 5.52. The molecule has 0 aliphatic heterocycles. The zero-order chi connectivity index (χ0) is 16.4. The SMILES string of the molecule is CS(=O)(=O)NCCS(=O)(=O)NC1CC(c2ccc(Cl)cc2)C1. The van der Waals surface area contributed by atoms with E-state index in [-0.39, 0.29) is 18.3 Å². The van der Waals surface area contributed by atoms with Crippen LogP contribution < -0.4 is 9.44 Å². The van der Waals surface area contributed by atoms with Gasteiger partial charge in [-0.25, -0.2) is 26.3 Å². The molecule has 22 heavy (non-hydrogen) atoms. The molecule has 0 bridgehead atoms. The lowest BCUT2D eigenvalue weighted by molar-refractivity contribution is 0.326. The fourth-order valence-corrected chi connectivity index (χ4v) is 4.31. The molecule has 2 N–H and O–H groups in total. The molecule has 6 nitrogen and oxygen atoms in total. The van der Waals surface area contributed by atoms with E-state index >= 15 is 0 Å². The molecule has 0 amide bonds. The van der Waals surface area contributed by atoms with Gasteiger partial charge < -0.3 is 0 Å². The largest absolute Gasteiger partial charge is 0.214 e. The fourth-order valence-electron chi connectivity index (χ4n) is 2.40. The van der Waals surface area contributed by atoms with Crippen LogP contribution in [0.2, 0.25) is 5.02 Å². The van der Waals surface area contributed by atoms with Crippen LogP contribution in [0.15, 0.2) is 24.3 Å². The summed E-state index contributed by atoms with van der Waals surface area (Å²) in [6.07, 6.45) is 2.47. The molecule has 1 saturated carbocycles. The Labute approximate surface area is 136 Å². The van der Waals surface area contributed by atoms with Gasteiger partial charge in [0.05, 0.1) is 12.0 Å². The number of rotatable bonds is 7. The van der Waals surface area contributed by atoms with E-state index in [2.05, 4.69) is 9.44 Å². The Morgan fingerprint density at radius 1 is 1.14 bits per heavy atom. The van der Waals surface area contributed by atoms with Crippen LogP contribution in [-0.2, 0) is 20.0 Å². The third-order valence-electron chi connectivity index (χ3n) is 3.56. The van der Waals surface area contributed by atoms with E-state index < -0.39 is 20.0 Å². The first-order valence-electron chi connectivity index (χ1n) is 6.85. The topological polar surface area (TPSA) is 92.3 Å². The summed E-state index contributed by atoms with van der Waals surface area (Å²) in [5.41, 5.74) is 1.15. The molecule has 9 heteroatoms. The lowest BCUT2D eigenvalue weighted by atomic mass is 9.76. The maximum atomic E-state index is 11.8. The van der Waals surface area contributed by atoms with Crippen LogP contribution in [0.3, 0.4) is 0 Å². The van der Waals surface area contributed by atoms with Crippen molar-refractivity contribution in [2.75, 3.05) is 18.6 Å². The lowest BCUT2D eigenvalue weighted by Crippen LogP contribution is -2.45. The average Bonchev–Trinajstić information content (AvgIpc) is 2.33. The molecule has 0 aromatic heterocycles. The van der Waals surface area contributed by atoms with Crippen LogP contribution in [0.4, 0.5) is 0 Å². The highest BCUT2D eigenvalue weighted by atomic mass is 35.5. The minimum atomic E-state index is -3.47. The van der Waals surface area contributed by atoms with Gasteiger partial charge in [-0.3, -0.25) is 0 Å². The molecule has 0 saturated heterocycles. The zero-order valence-corrected chi connectivity index (χ0v) is 14.5. The predicted octanol–water partition coefficient (Wildman–Crippen LogP) is 1.05. The Bertz CT molecular complexity index is 711. The van der Waals surface area contributed by atoms with E-state index in [1.807, 2.05) is 24.3 Å². The van der Waals surface area contributed by atoms with Crippen molar-refractivity contribution >= 4 is 31.6 Å². The first-order valence-corrected chi connectivity index (χ1v) is 10.8. The van der Waals surface area contributed by atoms with Crippen molar-refractivity contribution in [2.24, 2.45) is 0 Å². The van der Waals surface area contributed by atoms with Gasteiger partial charge in [0.15, 0.2) is 0 Å². The second kappa shape index (κ2) is 6.84. The van der Waals surface area contributed by atoms with Crippen molar-refractivity contribution < 1.29 is 16.8 Å². The summed E-state index contributed by atoms with van der Waals surface area (Å²) in [6.45, 7) is -0.124. The first-order chi connectivity index (χ1) is 10.1. The van der Waals surface area contributed by atoms with Crippen LogP contribution >= 0.6 is 11.6 Å². The molecule has 0 radical (unpaired) electrons. The van der Waals surface area contributed by atoms with Crippen LogP contribution in [0.25, 0.3) is 0 Å². The highest BCUT2D eigenvalue weighted by molar-refractivity contribution is 7.90. The van der Waals surface area contributed by atoms with Gasteiger partial charge in [0.25, 0.3) is 0 Å². The molecule has 0 atom stereocenters. The maximum Gasteiger partial charge on any atom is 0.213 e. The number of hydrogen-bond acceptors (Lipinski definition) is 4. The molecule has 2 rings (SSSR count). The Morgan fingerprint density at radius 2 is 1.73 bits per heavy atom. The normalized spacial score (nSPS) is 22.3. The number of hydrogen-bond donors (Lipinski definition) is 2. The van der Waals surface area contributed by atoms with Crippen molar-refractivity contribution in [3.05, 3.63) is 34.9 Å². The molecule has 0 unspecified atom stereocenters. The predicted molar refractivity (Wildman–Crippen MR) is 87.0 cm³/mol. The molecular formula is C13H19ClN2O4S2. The molecule has 124 valence electrons. The molecule has 1 aromatic carbocycles. The minimum Gasteiger partial charge on any atom is -0.214 e. The zero-order valence-electron chi connectivity index (χ0n) is 12.1. The third kappa shape index (κ3) is 5.51. The molecule has 0 heterocycles. The Balaban J connectivity index is 1.77. The molecule has 1 fully saturated rings. The highest BCUT2D eigenvalue weighted by Gasteiger charge is 2.32. The summed E-state index contributed by atoms with van der Waals surface area (Å²) in [7, 11) is -6.84. The number of nitrogens with one attached hydrogen (secondary N) is 2. The molecule has 1 aliphatic carbocycles. The summed E-state index contributed by atoms with van der Waals surface area (Å²) in [6, 6.07) is 7.46. The van der Waals surface area contributed by atoms with Crippen LogP contribution in [-0.4, -0.2) is 41.4 Å².